The second kappa shape index (κ2) is 4.29. The molecule has 0 aliphatic carbocycles. The molecule has 0 aromatic heterocycles. The number of esters is 1. The van der Waals surface area contributed by atoms with E-state index in [-0.39, 0.29) is 31.3 Å². The zero-order chi connectivity index (χ0) is 9.97. The van der Waals surface area contributed by atoms with Gasteiger partial charge in [0, 0.05) is 0 Å². The summed E-state index contributed by atoms with van der Waals surface area (Å²) in [6, 6.07) is 8.49. The number of benzene rings is 1. The number of halogens is 1. The molecular weight excluding hydrogens is 291 g/mol. The standard InChI is InChI=1S/C11H12IO2/c1-8(13)14-11-7-6-9-4-2-3-5-10(9)12-11/h2-5,11H,6-7H2,1H3/q-1. The van der Waals surface area contributed by atoms with Gasteiger partial charge in [-0.05, 0) is 0 Å². The number of carbonyl (C=O) groups is 1. The van der Waals surface area contributed by atoms with E-state index in [1.807, 2.05) is 0 Å². The zero-order valence-electron chi connectivity index (χ0n) is 8.00. The molecule has 14 heavy (non-hydrogen) atoms. The first-order valence-electron chi connectivity index (χ1n) is 4.64. The molecule has 0 fully saturated rings. The summed E-state index contributed by atoms with van der Waals surface area (Å²) >= 11 is -0.148. The Bertz CT molecular complexity index is 349. The van der Waals surface area contributed by atoms with Crippen LogP contribution in [0.15, 0.2) is 24.3 Å². The average molecular weight is 303 g/mol. The van der Waals surface area contributed by atoms with E-state index in [1.54, 1.807) is 0 Å². The van der Waals surface area contributed by atoms with E-state index in [4.69, 9.17) is 4.74 Å². The molecule has 0 bridgehead atoms. The van der Waals surface area contributed by atoms with Gasteiger partial charge in [-0.25, -0.2) is 0 Å². The van der Waals surface area contributed by atoms with Gasteiger partial charge in [0.2, 0.25) is 0 Å². The van der Waals surface area contributed by atoms with Crippen LogP contribution in [0.25, 0.3) is 0 Å². The van der Waals surface area contributed by atoms with Crippen LogP contribution in [0.4, 0.5) is 0 Å². The van der Waals surface area contributed by atoms with Crippen LogP contribution in [-0.4, -0.2) is 10.1 Å². The van der Waals surface area contributed by atoms with E-state index in [2.05, 4.69) is 24.3 Å². The van der Waals surface area contributed by atoms with E-state index < -0.39 is 0 Å². The first kappa shape index (κ1) is 9.96. The fourth-order valence-corrected chi connectivity index (χ4v) is 4.64. The number of ether oxygens (including phenoxy) is 1. The minimum atomic E-state index is -0.148. The van der Waals surface area contributed by atoms with E-state index in [1.165, 1.54) is 16.1 Å². The molecule has 1 aliphatic heterocycles. The predicted molar refractivity (Wildman–Crippen MR) is 49.0 cm³/mol. The van der Waals surface area contributed by atoms with Gasteiger partial charge in [0.25, 0.3) is 0 Å². The number of fused-ring (bicyclic) bond motifs is 1. The van der Waals surface area contributed by atoms with Crippen LogP contribution in [0, 0.1) is 3.57 Å². The van der Waals surface area contributed by atoms with Gasteiger partial charge >= 0.3 is 94.0 Å². The van der Waals surface area contributed by atoms with Crippen LogP contribution >= 0.6 is 0 Å². The van der Waals surface area contributed by atoms with Gasteiger partial charge in [0.05, 0.1) is 0 Å². The molecule has 1 aliphatic rings. The van der Waals surface area contributed by atoms with Crippen LogP contribution in [0.2, 0.25) is 0 Å². The Morgan fingerprint density at radius 3 is 3.07 bits per heavy atom. The number of hydrogen-bond donors (Lipinski definition) is 0. The molecule has 0 radical (unpaired) electrons. The molecule has 2 nitrogen and oxygen atoms in total. The summed E-state index contributed by atoms with van der Waals surface area (Å²) in [7, 11) is 0. The summed E-state index contributed by atoms with van der Waals surface area (Å²) in [5.41, 5.74) is 1.45. The number of carbonyl (C=O) groups excluding carboxylic acids is 1. The van der Waals surface area contributed by atoms with Crippen molar-refractivity contribution in [1.29, 1.82) is 0 Å². The molecule has 2 rings (SSSR count). The van der Waals surface area contributed by atoms with Crippen LogP contribution in [-0.2, 0) is 16.0 Å². The van der Waals surface area contributed by atoms with Crippen LogP contribution < -0.4 is 21.2 Å². The first-order chi connectivity index (χ1) is 6.75. The summed E-state index contributed by atoms with van der Waals surface area (Å²) in [6.45, 7) is 1.49. The average Bonchev–Trinajstić information content (AvgIpc) is 2.17. The molecular formula is C11H12IO2-. The Hall–Kier alpha value is -0.580. The Morgan fingerprint density at radius 1 is 1.50 bits per heavy atom. The molecule has 1 unspecified atom stereocenters. The van der Waals surface area contributed by atoms with Crippen molar-refractivity contribution in [3.63, 3.8) is 0 Å². The first-order valence-corrected chi connectivity index (χ1v) is 6.96. The summed E-state index contributed by atoms with van der Waals surface area (Å²) < 4.78 is 6.89. The van der Waals surface area contributed by atoms with Gasteiger partial charge < -0.3 is 0 Å². The molecule has 0 amide bonds. The molecule has 0 N–H and O–H groups in total. The molecule has 0 saturated carbocycles. The van der Waals surface area contributed by atoms with Gasteiger partial charge in [-0.1, -0.05) is 0 Å². The zero-order valence-corrected chi connectivity index (χ0v) is 10.2. The molecule has 0 saturated heterocycles. The van der Waals surface area contributed by atoms with Crippen molar-refractivity contribution in [2.24, 2.45) is 0 Å². The van der Waals surface area contributed by atoms with Crippen LogP contribution in [0.5, 0.6) is 0 Å². The third-order valence-corrected chi connectivity index (χ3v) is 5.43. The van der Waals surface area contributed by atoms with Gasteiger partial charge in [-0.3, -0.25) is 0 Å². The normalized spacial score (nSPS) is 20.5. The Labute approximate surface area is 93.9 Å². The van der Waals surface area contributed by atoms with Gasteiger partial charge in [0.15, 0.2) is 0 Å². The molecule has 3 heteroatoms. The topological polar surface area (TPSA) is 26.3 Å². The summed E-state index contributed by atoms with van der Waals surface area (Å²) in [6.07, 6.45) is 2.05. The third-order valence-electron chi connectivity index (χ3n) is 2.13. The maximum absolute atomic E-state index is 10.8. The summed E-state index contributed by atoms with van der Waals surface area (Å²) in [4.78, 5) is 10.8. The van der Waals surface area contributed by atoms with Crippen LogP contribution in [0.3, 0.4) is 0 Å². The van der Waals surface area contributed by atoms with Crippen molar-refractivity contribution in [2.75, 3.05) is 0 Å². The Balaban J connectivity index is 2.09. The second-order valence-corrected chi connectivity index (χ2v) is 6.43. The quantitative estimate of drug-likeness (QED) is 0.369. The van der Waals surface area contributed by atoms with Crippen molar-refractivity contribution >= 4 is 5.97 Å². The SMILES string of the molecule is CC(=O)OC1CCc2ccccc2[I-]1. The van der Waals surface area contributed by atoms with E-state index in [0.29, 0.717) is 0 Å². The molecule has 1 aromatic carbocycles. The van der Waals surface area contributed by atoms with Crippen molar-refractivity contribution in [2.45, 2.75) is 23.9 Å². The molecule has 0 spiro atoms. The van der Waals surface area contributed by atoms with E-state index in [0.717, 1.165) is 12.8 Å². The Morgan fingerprint density at radius 2 is 2.29 bits per heavy atom. The van der Waals surface area contributed by atoms with Gasteiger partial charge in [-0.15, -0.1) is 0 Å². The predicted octanol–water partition coefficient (Wildman–Crippen LogP) is -1.22. The van der Waals surface area contributed by atoms with Crippen molar-refractivity contribution in [3.05, 3.63) is 33.4 Å². The van der Waals surface area contributed by atoms with E-state index in [9.17, 15) is 4.79 Å². The molecule has 76 valence electrons. The molecule has 1 heterocycles. The van der Waals surface area contributed by atoms with Crippen LogP contribution in [0.1, 0.15) is 18.9 Å². The Kier molecular flexibility index (Phi) is 3.05. The monoisotopic (exact) mass is 303 g/mol. The molecule has 1 atom stereocenters. The number of rotatable bonds is 1. The number of hydrogen-bond acceptors (Lipinski definition) is 2. The summed E-state index contributed by atoms with van der Waals surface area (Å²) in [5.74, 6) is -0.144. The van der Waals surface area contributed by atoms with Crippen molar-refractivity contribution in [3.8, 4) is 0 Å². The van der Waals surface area contributed by atoms with E-state index >= 15 is 0 Å². The molecule has 1 aromatic rings. The van der Waals surface area contributed by atoms with Gasteiger partial charge in [-0.2, -0.15) is 0 Å². The fourth-order valence-electron chi connectivity index (χ4n) is 1.52. The second-order valence-electron chi connectivity index (χ2n) is 3.26. The third kappa shape index (κ3) is 2.26. The van der Waals surface area contributed by atoms with Gasteiger partial charge in [0.1, 0.15) is 0 Å². The van der Waals surface area contributed by atoms with Crippen molar-refractivity contribution < 1.29 is 30.7 Å². The fraction of sp³-hybridized carbons (Fsp3) is 0.364. The minimum absolute atomic E-state index is 0.144. The maximum atomic E-state index is 10.8. The number of aryl methyl sites for hydroxylation is 1. The summed E-state index contributed by atoms with van der Waals surface area (Å²) in [5, 5.41) is 0. The number of alkyl halides is 1. The van der Waals surface area contributed by atoms with Crippen molar-refractivity contribution in [1.82, 2.24) is 0 Å².